The third-order valence-corrected chi connectivity index (χ3v) is 4.42. The Labute approximate surface area is 147 Å². The number of aliphatic hydroxyl groups excluding tert-OH is 3. The molecule has 3 N–H and O–H groups in total. The van der Waals surface area contributed by atoms with Crippen molar-refractivity contribution in [1.82, 2.24) is 9.13 Å². The average molecular weight is 366 g/mol. The van der Waals surface area contributed by atoms with Gasteiger partial charge in [0.1, 0.15) is 24.1 Å². The van der Waals surface area contributed by atoms with Gasteiger partial charge in [-0.1, -0.05) is 12.1 Å². The summed E-state index contributed by atoms with van der Waals surface area (Å²) in [4.78, 5) is 24.7. The number of hydrogen-bond acceptors (Lipinski definition) is 6. The molecule has 8 nitrogen and oxygen atoms in total. The van der Waals surface area contributed by atoms with Crippen LogP contribution in [0.3, 0.4) is 0 Å². The van der Waals surface area contributed by atoms with E-state index in [4.69, 9.17) is 9.84 Å². The largest absolute Gasteiger partial charge is 0.394 e. The Morgan fingerprint density at radius 1 is 1.08 bits per heavy atom. The first-order chi connectivity index (χ1) is 12.4. The van der Waals surface area contributed by atoms with Crippen LogP contribution in [0.2, 0.25) is 0 Å². The van der Waals surface area contributed by atoms with E-state index in [1.807, 2.05) is 0 Å². The Balaban J connectivity index is 1.86. The first-order valence-corrected chi connectivity index (χ1v) is 8.11. The number of halogens is 1. The monoisotopic (exact) mass is 366 g/mol. The smallest absolute Gasteiger partial charge is 0.333 e. The third kappa shape index (κ3) is 3.47. The van der Waals surface area contributed by atoms with Crippen LogP contribution in [0.1, 0.15) is 11.8 Å². The van der Waals surface area contributed by atoms with E-state index < -0.39 is 42.4 Å². The Morgan fingerprint density at radius 3 is 2.38 bits per heavy atom. The van der Waals surface area contributed by atoms with Crippen molar-refractivity contribution >= 4 is 0 Å². The third-order valence-electron chi connectivity index (χ3n) is 4.42. The van der Waals surface area contributed by atoms with Crippen molar-refractivity contribution < 1.29 is 24.4 Å². The van der Waals surface area contributed by atoms with Gasteiger partial charge in [-0.15, -0.1) is 0 Å². The van der Waals surface area contributed by atoms with Crippen LogP contribution in [-0.4, -0.2) is 49.4 Å². The summed E-state index contributed by atoms with van der Waals surface area (Å²) >= 11 is 0. The van der Waals surface area contributed by atoms with Gasteiger partial charge in [0, 0.05) is 18.8 Å². The second kappa shape index (κ2) is 7.50. The molecule has 1 aromatic carbocycles. The highest BCUT2D eigenvalue weighted by Gasteiger charge is 2.43. The molecule has 1 fully saturated rings. The van der Waals surface area contributed by atoms with Gasteiger partial charge in [-0.25, -0.2) is 9.18 Å². The van der Waals surface area contributed by atoms with E-state index in [0.717, 1.165) is 20.8 Å². The highest BCUT2D eigenvalue weighted by atomic mass is 19.1. The summed E-state index contributed by atoms with van der Waals surface area (Å²) < 4.78 is 20.3. The fourth-order valence-electron chi connectivity index (χ4n) is 2.93. The highest BCUT2D eigenvalue weighted by molar-refractivity contribution is 5.16. The lowest BCUT2D eigenvalue weighted by atomic mass is 10.1. The minimum absolute atomic E-state index is 0.0545. The van der Waals surface area contributed by atoms with Crippen LogP contribution in [0.5, 0.6) is 0 Å². The second-order valence-corrected chi connectivity index (χ2v) is 6.10. The van der Waals surface area contributed by atoms with Crippen molar-refractivity contribution in [1.29, 1.82) is 0 Å². The van der Waals surface area contributed by atoms with Crippen molar-refractivity contribution in [3.63, 3.8) is 0 Å². The van der Waals surface area contributed by atoms with Crippen LogP contribution >= 0.6 is 0 Å². The maximum atomic E-state index is 12.9. The van der Waals surface area contributed by atoms with Crippen LogP contribution < -0.4 is 11.2 Å². The van der Waals surface area contributed by atoms with Crippen molar-refractivity contribution in [2.45, 2.75) is 37.5 Å². The summed E-state index contributed by atoms with van der Waals surface area (Å²) in [6, 6.07) is 6.86. The molecule has 2 aromatic rings. The summed E-state index contributed by atoms with van der Waals surface area (Å²) in [6.07, 6.45) is -3.51. The van der Waals surface area contributed by atoms with Crippen molar-refractivity contribution in [3.05, 3.63) is 68.7 Å². The number of benzene rings is 1. The molecule has 0 saturated carbocycles. The molecular weight excluding hydrogens is 347 g/mol. The van der Waals surface area contributed by atoms with Crippen LogP contribution in [0.4, 0.5) is 4.39 Å². The molecule has 1 aliphatic heterocycles. The lowest BCUT2D eigenvalue weighted by molar-refractivity contribution is -0.0556. The zero-order valence-electron chi connectivity index (χ0n) is 13.7. The van der Waals surface area contributed by atoms with Crippen molar-refractivity contribution in [2.75, 3.05) is 6.61 Å². The fraction of sp³-hybridized carbons (Fsp3) is 0.412. The van der Waals surface area contributed by atoms with Crippen molar-refractivity contribution in [2.24, 2.45) is 0 Å². The Hall–Kier alpha value is -2.33. The highest BCUT2D eigenvalue weighted by Crippen LogP contribution is 2.27. The zero-order valence-corrected chi connectivity index (χ0v) is 13.7. The van der Waals surface area contributed by atoms with Gasteiger partial charge >= 0.3 is 5.69 Å². The van der Waals surface area contributed by atoms with Gasteiger partial charge in [-0.2, -0.15) is 0 Å². The number of hydrogen-bond donors (Lipinski definition) is 3. The van der Waals surface area contributed by atoms with Crippen molar-refractivity contribution in [3.8, 4) is 0 Å². The average Bonchev–Trinajstić information content (AvgIpc) is 2.91. The van der Waals surface area contributed by atoms with Crippen LogP contribution in [0, 0.1) is 5.82 Å². The molecule has 1 aromatic heterocycles. The summed E-state index contributed by atoms with van der Waals surface area (Å²) in [5.41, 5.74) is -0.490. The molecule has 0 aliphatic carbocycles. The predicted molar refractivity (Wildman–Crippen MR) is 88.1 cm³/mol. The first-order valence-electron chi connectivity index (χ1n) is 8.11. The minimum Gasteiger partial charge on any atom is -0.394 e. The molecule has 1 saturated heterocycles. The summed E-state index contributed by atoms with van der Waals surface area (Å²) in [5.74, 6) is -0.377. The molecule has 3 rings (SSSR count). The Bertz CT molecular complexity index is 878. The van der Waals surface area contributed by atoms with Gasteiger partial charge in [0.25, 0.3) is 5.56 Å². The number of nitrogens with zero attached hydrogens (tertiary/aromatic N) is 2. The van der Waals surface area contributed by atoms with E-state index in [0.29, 0.717) is 6.42 Å². The molecule has 2 unspecified atom stereocenters. The van der Waals surface area contributed by atoms with Gasteiger partial charge in [-0.05, 0) is 24.1 Å². The van der Waals surface area contributed by atoms with Crippen LogP contribution in [-0.2, 0) is 17.7 Å². The summed E-state index contributed by atoms with van der Waals surface area (Å²) in [6.45, 7) is -0.466. The molecule has 0 bridgehead atoms. The second-order valence-electron chi connectivity index (χ2n) is 6.10. The molecule has 26 heavy (non-hydrogen) atoms. The van der Waals surface area contributed by atoms with Crippen LogP contribution in [0.25, 0.3) is 0 Å². The Kier molecular flexibility index (Phi) is 5.33. The van der Waals surface area contributed by atoms with E-state index in [1.54, 1.807) is 12.1 Å². The fourth-order valence-corrected chi connectivity index (χ4v) is 2.93. The molecule has 140 valence electrons. The topological polar surface area (TPSA) is 114 Å². The van der Waals surface area contributed by atoms with Gasteiger partial charge in [0.15, 0.2) is 6.23 Å². The zero-order chi connectivity index (χ0) is 18.8. The maximum absolute atomic E-state index is 12.9. The number of rotatable bonds is 5. The number of aliphatic hydroxyl groups is 3. The Morgan fingerprint density at radius 2 is 1.77 bits per heavy atom. The van der Waals surface area contributed by atoms with Crippen LogP contribution in [0.15, 0.2) is 46.1 Å². The molecule has 0 radical (unpaired) electrons. The quantitative estimate of drug-likeness (QED) is 0.626. The summed E-state index contributed by atoms with van der Waals surface area (Å²) in [5, 5.41) is 29.0. The standard InChI is InChI=1S/C17H19FN2O6/c18-11-3-1-10(2-4-11)5-7-19-13(22)6-8-20(17(19)25)16-15(24)14(23)12(9-21)26-16/h1-4,6,8,12,14-16,21,23-24H,5,7,9H2/t12-,14?,15?,16-/m1/s1. The van der Waals surface area contributed by atoms with E-state index in [2.05, 4.69) is 0 Å². The van der Waals surface area contributed by atoms with E-state index in [9.17, 15) is 24.2 Å². The summed E-state index contributed by atoms with van der Waals surface area (Å²) in [7, 11) is 0. The van der Waals surface area contributed by atoms with Gasteiger partial charge in [0.2, 0.25) is 0 Å². The van der Waals surface area contributed by atoms with Gasteiger partial charge in [-0.3, -0.25) is 13.9 Å². The molecular formula is C17H19FN2O6. The lowest BCUT2D eigenvalue weighted by Gasteiger charge is -2.18. The van der Waals surface area contributed by atoms with E-state index in [-0.39, 0.29) is 12.4 Å². The van der Waals surface area contributed by atoms with Gasteiger partial charge < -0.3 is 20.1 Å². The van der Waals surface area contributed by atoms with E-state index >= 15 is 0 Å². The van der Waals surface area contributed by atoms with E-state index in [1.165, 1.54) is 18.3 Å². The normalized spacial score (nSPS) is 25.5. The first kappa shape index (κ1) is 18.5. The molecule has 4 atom stereocenters. The number of aromatic nitrogens is 2. The number of aryl methyl sites for hydroxylation is 1. The predicted octanol–water partition coefficient (Wildman–Crippen LogP) is -0.997. The number of ether oxygens (including phenoxy) is 1. The minimum atomic E-state index is -1.42. The van der Waals surface area contributed by atoms with Gasteiger partial charge in [0.05, 0.1) is 6.61 Å². The molecule has 0 amide bonds. The molecule has 1 aliphatic rings. The molecule has 2 heterocycles. The SMILES string of the molecule is O=c1ccn([C@@H]2O[C@H](CO)C(O)C2O)c(=O)n1CCc1ccc(F)cc1. The maximum Gasteiger partial charge on any atom is 0.333 e. The molecule has 0 spiro atoms. The lowest BCUT2D eigenvalue weighted by Crippen LogP contribution is -2.43. The molecule has 9 heteroatoms.